The summed E-state index contributed by atoms with van der Waals surface area (Å²) in [5, 5.41) is 4.27. The standard InChI is InChI=1S/C8H12N4S/c1-12-5-4-11-8(12)13-6-7-9-2-3-10-7/h4-5H,2-3,6H2,1H3,(H,9,10). The van der Waals surface area contributed by atoms with Crippen molar-refractivity contribution in [3.8, 4) is 0 Å². The lowest BCUT2D eigenvalue weighted by molar-refractivity contribution is 0.791. The minimum absolute atomic E-state index is 0.894. The number of hydrogen-bond donors (Lipinski definition) is 1. The van der Waals surface area contributed by atoms with Crippen molar-refractivity contribution < 1.29 is 0 Å². The third-order valence-electron chi connectivity index (χ3n) is 1.86. The Kier molecular flexibility index (Phi) is 2.54. The molecule has 2 rings (SSSR count). The normalized spacial score (nSPS) is 15.6. The van der Waals surface area contributed by atoms with E-state index in [1.54, 1.807) is 11.8 Å². The molecule has 0 aliphatic carbocycles. The van der Waals surface area contributed by atoms with Crippen LogP contribution in [0.3, 0.4) is 0 Å². The number of aryl methyl sites for hydroxylation is 1. The van der Waals surface area contributed by atoms with Crippen molar-refractivity contribution >= 4 is 17.6 Å². The number of thioether (sulfide) groups is 1. The van der Waals surface area contributed by atoms with Crippen molar-refractivity contribution in [1.82, 2.24) is 14.9 Å². The highest BCUT2D eigenvalue weighted by atomic mass is 32.2. The highest BCUT2D eigenvalue weighted by Crippen LogP contribution is 2.14. The van der Waals surface area contributed by atoms with E-state index in [4.69, 9.17) is 0 Å². The Hall–Kier alpha value is -0.970. The number of rotatable bonds is 3. The minimum atomic E-state index is 0.894. The molecule has 2 heterocycles. The predicted octanol–water partition coefficient (Wildman–Crippen LogP) is 0.514. The second kappa shape index (κ2) is 3.83. The van der Waals surface area contributed by atoms with Crippen LogP contribution in [0.25, 0.3) is 0 Å². The molecular formula is C8H12N4S. The number of hydrogen-bond acceptors (Lipinski definition) is 4. The Labute approximate surface area is 81.5 Å². The molecule has 0 aromatic carbocycles. The van der Waals surface area contributed by atoms with Gasteiger partial charge >= 0.3 is 0 Å². The molecule has 0 saturated carbocycles. The Balaban J connectivity index is 1.89. The van der Waals surface area contributed by atoms with E-state index >= 15 is 0 Å². The molecule has 0 radical (unpaired) electrons. The molecular weight excluding hydrogens is 184 g/mol. The maximum atomic E-state index is 4.31. The summed E-state index contributed by atoms with van der Waals surface area (Å²) in [5.74, 6) is 1.98. The molecule has 13 heavy (non-hydrogen) atoms. The van der Waals surface area contributed by atoms with Gasteiger partial charge in [0.1, 0.15) is 5.84 Å². The fraction of sp³-hybridized carbons (Fsp3) is 0.500. The Morgan fingerprint density at radius 2 is 2.62 bits per heavy atom. The van der Waals surface area contributed by atoms with Crippen LogP contribution in [0.2, 0.25) is 0 Å². The molecule has 0 amide bonds. The van der Waals surface area contributed by atoms with Crippen LogP contribution in [0.5, 0.6) is 0 Å². The average molecular weight is 196 g/mol. The smallest absolute Gasteiger partial charge is 0.168 e. The van der Waals surface area contributed by atoms with Crippen LogP contribution < -0.4 is 5.32 Å². The van der Waals surface area contributed by atoms with Crippen molar-refractivity contribution in [2.24, 2.45) is 12.0 Å². The quantitative estimate of drug-likeness (QED) is 0.716. The number of nitrogens with one attached hydrogen (secondary N) is 1. The van der Waals surface area contributed by atoms with E-state index < -0.39 is 0 Å². The maximum Gasteiger partial charge on any atom is 0.168 e. The molecule has 0 unspecified atom stereocenters. The molecule has 0 spiro atoms. The molecule has 1 aliphatic heterocycles. The third kappa shape index (κ3) is 2.03. The van der Waals surface area contributed by atoms with Crippen molar-refractivity contribution in [3.63, 3.8) is 0 Å². The lowest BCUT2D eigenvalue weighted by atomic mass is 10.7. The number of amidine groups is 1. The molecule has 1 N–H and O–H groups in total. The zero-order valence-corrected chi connectivity index (χ0v) is 8.34. The molecule has 1 aromatic heterocycles. The van der Waals surface area contributed by atoms with Crippen LogP contribution in [-0.4, -0.2) is 34.2 Å². The number of aliphatic imine (C=N–C) groups is 1. The molecule has 0 fully saturated rings. The fourth-order valence-corrected chi connectivity index (χ4v) is 2.03. The van der Waals surface area contributed by atoms with Gasteiger partial charge in [0.25, 0.3) is 0 Å². The molecule has 1 aliphatic rings. The molecule has 0 bridgehead atoms. The summed E-state index contributed by atoms with van der Waals surface area (Å²) in [5.41, 5.74) is 0. The first-order chi connectivity index (χ1) is 6.36. The topological polar surface area (TPSA) is 42.2 Å². The lowest BCUT2D eigenvalue weighted by Crippen LogP contribution is -2.20. The van der Waals surface area contributed by atoms with Crippen LogP contribution in [0.15, 0.2) is 22.5 Å². The summed E-state index contributed by atoms with van der Waals surface area (Å²) in [7, 11) is 2.00. The van der Waals surface area contributed by atoms with Gasteiger partial charge in [-0.1, -0.05) is 11.8 Å². The number of aromatic nitrogens is 2. The van der Waals surface area contributed by atoms with Gasteiger partial charge in [0.05, 0.1) is 12.3 Å². The van der Waals surface area contributed by atoms with E-state index in [2.05, 4.69) is 15.3 Å². The van der Waals surface area contributed by atoms with Crippen molar-refractivity contribution in [3.05, 3.63) is 12.4 Å². The van der Waals surface area contributed by atoms with Crippen LogP contribution in [0, 0.1) is 0 Å². The van der Waals surface area contributed by atoms with Gasteiger partial charge in [0.15, 0.2) is 5.16 Å². The van der Waals surface area contributed by atoms with E-state index in [-0.39, 0.29) is 0 Å². The minimum Gasteiger partial charge on any atom is -0.371 e. The Bertz CT molecular complexity index is 318. The summed E-state index contributed by atoms with van der Waals surface area (Å²) in [6.07, 6.45) is 3.76. The molecule has 70 valence electrons. The molecule has 0 atom stereocenters. The SMILES string of the molecule is Cn1ccnc1SCC1=NCCN1. The molecule has 5 heteroatoms. The van der Waals surface area contributed by atoms with Crippen molar-refractivity contribution in [2.75, 3.05) is 18.8 Å². The maximum absolute atomic E-state index is 4.31. The summed E-state index contributed by atoms with van der Waals surface area (Å²) in [6, 6.07) is 0. The highest BCUT2D eigenvalue weighted by molar-refractivity contribution is 7.99. The van der Waals surface area contributed by atoms with E-state index in [0.717, 1.165) is 29.8 Å². The van der Waals surface area contributed by atoms with Gasteiger partial charge in [-0.3, -0.25) is 4.99 Å². The van der Waals surface area contributed by atoms with Crippen molar-refractivity contribution in [2.45, 2.75) is 5.16 Å². The first kappa shape index (κ1) is 8.62. The second-order valence-corrected chi connectivity index (χ2v) is 3.81. The summed E-state index contributed by atoms with van der Waals surface area (Å²) < 4.78 is 2.01. The summed E-state index contributed by atoms with van der Waals surface area (Å²) in [6.45, 7) is 1.90. The number of nitrogens with zero attached hydrogens (tertiary/aromatic N) is 3. The van der Waals surface area contributed by atoms with Crippen LogP contribution in [0.1, 0.15) is 0 Å². The Morgan fingerprint density at radius 3 is 3.23 bits per heavy atom. The highest BCUT2D eigenvalue weighted by Gasteiger charge is 2.06. The zero-order chi connectivity index (χ0) is 9.10. The van der Waals surface area contributed by atoms with Crippen LogP contribution in [0.4, 0.5) is 0 Å². The van der Waals surface area contributed by atoms with Gasteiger partial charge in [-0.15, -0.1) is 0 Å². The second-order valence-electron chi connectivity index (χ2n) is 2.86. The first-order valence-corrected chi connectivity index (χ1v) is 5.22. The van der Waals surface area contributed by atoms with Crippen LogP contribution in [-0.2, 0) is 7.05 Å². The van der Waals surface area contributed by atoms with Crippen LogP contribution >= 0.6 is 11.8 Å². The van der Waals surface area contributed by atoms with Gasteiger partial charge in [-0.05, 0) is 0 Å². The monoisotopic (exact) mass is 196 g/mol. The van der Waals surface area contributed by atoms with E-state index in [1.165, 1.54) is 0 Å². The van der Waals surface area contributed by atoms with Crippen molar-refractivity contribution in [1.29, 1.82) is 0 Å². The molecule has 4 nitrogen and oxygen atoms in total. The van der Waals surface area contributed by atoms with E-state index in [9.17, 15) is 0 Å². The fourth-order valence-electron chi connectivity index (χ4n) is 1.17. The molecule has 1 aromatic rings. The molecule has 0 saturated heterocycles. The third-order valence-corrected chi connectivity index (χ3v) is 2.93. The zero-order valence-electron chi connectivity index (χ0n) is 7.53. The van der Waals surface area contributed by atoms with Gasteiger partial charge in [0, 0.05) is 26.0 Å². The lowest BCUT2D eigenvalue weighted by Gasteiger charge is -2.01. The first-order valence-electron chi connectivity index (χ1n) is 4.23. The number of imidazole rings is 1. The Morgan fingerprint density at radius 1 is 1.69 bits per heavy atom. The summed E-state index contributed by atoms with van der Waals surface area (Å²) >= 11 is 1.71. The van der Waals surface area contributed by atoms with E-state index in [0.29, 0.717) is 0 Å². The predicted molar refractivity (Wildman–Crippen MR) is 54.2 cm³/mol. The van der Waals surface area contributed by atoms with Gasteiger partial charge in [0.2, 0.25) is 0 Å². The average Bonchev–Trinajstić information content (AvgIpc) is 2.72. The van der Waals surface area contributed by atoms with E-state index in [1.807, 2.05) is 24.0 Å². The van der Waals surface area contributed by atoms with Gasteiger partial charge in [-0.2, -0.15) is 0 Å². The largest absolute Gasteiger partial charge is 0.371 e. The van der Waals surface area contributed by atoms with Gasteiger partial charge < -0.3 is 9.88 Å². The summed E-state index contributed by atoms with van der Waals surface area (Å²) in [4.78, 5) is 8.53. The van der Waals surface area contributed by atoms with Gasteiger partial charge in [-0.25, -0.2) is 4.98 Å².